The molecule has 0 radical (unpaired) electrons. The number of halogens is 2. The van der Waals surface area contributed by atoms with Crippen LogP contribution in [-0.4, -0.2) is 47.3 Å². The smallest absolute Gasteiger partial charge is 0.354 e. The number of nitrogen functional groups attached to an aromatic ring is 1. The fourth-order valence-electron chi connectivity index (χ4n) is 1.40. The molecule has 6 nitrogen and oxygen atoms in total. The highest BCUT2D eigenvalue weighted by Gasteiger charge is 2.18. The van der Waals surface area contributed by atoms with Gasteiger partial charge in [0.15, 0.2) is 11.5 Å². The maximum Gasteiger partial charge on any atom is 0.354 e. The number of nitrogens with zero attached hydrogens (tertiary/aromatic N) is 2. The summed E-state index contributed by atoms with van der Waals surface area (Å²) in [4.78, 5) is 15.5. The minimum atomic E-state index is -2.65. The van der Waals surface area contributed by atoms with E-state index < -0.39 is 18.9 Å². The summed E-state index contributed by atoms with van der Waals surface area (Å²) < 4.78 is 24.8. The van der Waals surface area contributed by atoms with E-state index in [9.17, 15) is 13.6 Å². The van der Waals surface area contributed by atoms with Crippen LogP contribution in [0.25, 0.3) is 0 Å². The van der Waals surface area contributed by atoms with Crippen LogP contribution in [0.2, 0.25) is 0 Å². The van der Waals surface area contributed by atoms with Crippen LogP contribution >= 0.6 is 0 Å². The van der Waals surface area contributed by atoms with E-state index in [1.165, 1.54) is 12.1 Å². The Morgan fingerprint density at radius 2 is 2.17 bits per heavy atom. The zero-order chi connectivity index (χ0) is 13.7. The lowest BCUT2D eigenvalue weighted by Crippen LogP contribution is -2.33. The topological polar surface area (TPSA) is 99.7 Å². The number of aromatic carboxylic acids is 1. The molecule has 18 heavy (non-hydrogen) atoms. The van der Waals surface area contributed by atoms with Crippen molar-refractivity contribution >= 4 is 17.5 Å². The van der Waals surface area contributed by atoms with Crippen LogP contribution in [-0.2, 0) is 0 Å². The summed E-state index contributed by atoms with van der Waals surface area (Å²) in [6, 6.07) is 2.46. The summed E-state index contributed by atoms with van der Waals surface area (Å²) in [7, 11) is 0. The molecule has 8 heteroatoms. The number of alkyl halides is 2. The molecule has 0 saturated heterocycles. The fraction of sp³-hybridized carbons (Fsp3) is 0.400. The van der Waals surface area contributed by atoms with Gasteiger partial charge in [-0.25, -0.2) is 18.6 Å². The second kappa shape index (κ2) is 6.10. The number of nitrogens with two attached hydrogens (primary N) is 1. The molecule has 0 bridgehead atoms. The molecule has 0 unspecified atom stereocenters. The summed E-state index contributed by atoms with van der Waals surface area (Å²) in [5.41, 5.74) is 5.36. The van der Waals surface area contributed by atoms with Crippen molar-refractivity contribution < 1.29 is 23.8 Å². The molecule has 0 aliphatic carbocycles. The average molecular weight is 261 g/mol. The first-order valence-corrected chi connectivity index (χ1v) is 5.09. The number of hydrogen-bond acceptors (Lipinski definition) is 5. The maximum absolute atomic E-state index is 12.4. The van der Waals surface area contributed by atoms with Gasteiger partial charge in [0.2, 0.25) is 0 Å². The molecule has 0 fully saturated rings. The Balaban J connectivity index is 3.09. The molecule has 0 saturated carbocycles. The maximum atomic E-state index is 12.4. The number of aromatic nitrogens is 1. The Labute approximate surface area is 102 Å². The van der Waals surface area contributed by atoms with Gasteiger partial charge >= 0.3 is 5.97 Å². The van der Waals surface area contributed by atoms with Crippen LogP contribution < -0.4 is 10.6 Å². The molecule has 0 atom stereocenters. The van der Waals surface area contributed by atoms with Crippen molar-refractivity contribution in [3.05, 3.63) is 17.8 Å². The number of rotatable bonds is 6. The summed E-state index contributed by atoms with van der Waals surface area (Å²) in [5.74, 6) is -1.35. The molecule has 0 aromatic carbocycles. The molecule has 4 N–H and O–H groups in total. The van der Waals surface area contributed by atoms with E-state index in [-0.39, 0.29) is 30.4 Å². The molecule has 100 valence electrons. The van der Waals surface area contributed by atoms with Crippen LogP contribution in [0.1, 0.15) is 10.5 Å². The van der Waals surface area contributed by atoms with Crippen molar-refractivity contribution in [1.82, 2.24) is 4.98 Å². The number of aliphatic hydroxyl groups excluding tert-OH is 1. The van der Waals surface area contributed by atoms with Crippen molar-refractivity contribution in [3.8, 4) is 0 Å². The second-order valence-corrected chi connectivity index (χ2v) is 3.48. The number of pyridine rings is 1. The minimum absolute atomic E-state index is 0.0655. The van der Waals surface area contributed by atoms with E-state index in [4.69, 9.17) is 15.9 Å². The van der Waals surface area contributed by atoms with E-state index in [1.807, 2.05) is 0 Å². The van der Waals surface area contributed by atoms with Gasteiger partial charge < -0.3 is 20.8 Å². The lowest BCUT2D eigenvalue weighted by Gasteiger charge is -2.23. The predicted molar refractivity (Wildman–Crippen MR) is 60.9 cm³/mol. The Kier molecular flexibility index (Phi) is 4.78. The highest BCUT2D eigenvalue weighted by atomic mass is 19.3. The van der Waals surface area contributed by atoms with Crippen molar-refractivity contribution in [2.75, 3.05) is 30.3 Å². The molecule has 1 heterocycles. The second-order valence-electron chi connectivity index (χ2n) is 3.48. The van der Waals surface area contributed by atoms with E-state index in [0.717, 1.165) is 4.90 Å². The quantitative estimate of drug-likeness (QED) is 0.686. The lowest BCUT2D eigenvalue weighted by atomic mass is 10.3. The first-order valence-electron chi connectivity index (χ1n) is 5.09. The normalized spacial score (nSPS) is 10.7. The zero-order valence-electron chi connectivity index (χ0n) is 9.38. The van der Waals surface area contributed by atoms with Crippen LogP contribution in [0, 0.1) is 0 Å². The lowest BCUT2D eigenvalue weighted by molar-refractivity contribution is 0.0690. The Hall–Kier alpha value is -1.96. The third-order valence-corrected chi connectivity index (χ3v) is 2.15. The van der Waals surface area contributed by atoms with E-state index in [1.54, 1.807) is 0 Å². The first kappa shape index (κ1) is 14.1. The molecule has 1 rings (SSSR count). The zero-order valence-corrected chi connectivity index (χ0v) is 9.38. The summed E-state index contributed by atoms with van der Waals surface area (Å²) in [6.45, 7) is -1.16. The van der Waals surface area contributed by atoms with Gasteiger partial charge in [-0.1, -0.05) is 0 Å². The van der Waals surface area contributed by atoms with E-state index in [2.05, 4.69) is 4.98 Å². The molecule has 1 aromatic rings. The Morgan fingerprint density at radius 3 is 2.67 bits per heavy atom. The highest BCUT2D eigenvalue weighted by Crippen LogP contribution is 2.21. The standard InChI is InChI=1S/C10H13F2N3O3/c11-8(12)5-15(3-4-16)9-6(13)1-2-7(14-9)10(17)18/h1-2,8,16H,3-5,13H2,(H,17,18). The SMILES string of the molecule is Nc1ccc(C(=O)O)nc1N(CCO)CC(F)F. The predicted octanol–water partition coefficient (Wildman–Crippen LogP) is 0.426. The van der Waals surface area contributed by atoms with Crippen LogP contribution in [0.15, 0.2) is 12.1 Å². The summed E-state index contributed by atoms with van der Waals surface area (Å²) in [5, 5.41) is 17.6. The molecular weight excluding hydrogens is 248 g/mol. The van der Waals surface area contributed by atoms with Crippen LogP contribution in [0.5, 0.6) is 0 Å². The van der Waals surface area contributed by atoms with Crippen molar-refractivity contribution in [3.63, 3.8) is 0 Å². The number of carbonyl (C=O) groups is 1. The first-order chi connectivity index (χ1) is 8.45. The van der Waals surface area contributed by atoms with Gasteiger partial charge in [0.25, 0.3) is 6.43 Å². The third kappa shape index (κ3) is 3.52. The monoisotopic (exact) mass is 261 g/mol. The number of anilines is 2. The van der Waals surface area contributed by atoms with Gasteiger partial charge in [0, 0.05) is 6.54 Å². The van der Waals surface area contributed by atoms with Crippen LogP contribution in [0.3, 0.4) is 0 Å². The third-order valence-electron chi connectivity index (χ3n) is 2.15. The minimum Gasteiger partial charge on any atom is -0.477 e. The number of hydrogen-bond donors (Lipinski definition) is 3. The Bertz CT molecular complexity index is 429. The number of aliphatic hydroxyl groups is 1. The Morgan fingerprint density at radius 1 is 1.50 bits per heavy atom. The molecule has 0 amide bonds. The number of carboxylic acids is 1. The largest absolute Gasteiger partial charge is 0.477 e. The average Bonchev–Trinajstić information content (AvgIpc) is 2.28. The van der Waals surface area contributed by atoms with Crippen molar-refractivity contribution in [2.24, 2.45) is 0 Å². The van der Waals surface area contributed by atoms with Crippen molar-refractivity contribution in [1.29, 1.82) is 0 Å². The molecule has 0 spiro atoms. The van der Waals surface area contributed by atoms with E-state index in [0.29, 0.717) is 0 Å². The van der Waals surface area contributed by atoms with E-state index >= 15 is 0 Å². The molecule has 1 aromatic heterocycles. The molecule has 0 aliphatic heterocycles. The van der Waals surface area contributed by atoms with Gasteiger partial charge in [-0.05, 0) is 12.1 Å². The highest BCUT2D eigenvalue weighted by molar-refractivity contribution is 5.87. The van der Waals surface area contributed by atoms with Crippen LogP contribution in [0.4, 0.5) is 20.3 Å². The van der Waals surface area contributed by atoms with Gasteiger partial charge in [-0.2, -0.15) is 0 Å². The summed E-state index contributed by atoms with van der Waals surface area (Å²) >= 11 is 0. The van der Waals surface area contributed by atoms with Crippen molar-refractivity contribution in [2.45, 2.75) is 6.43 Å². The fourth-order valence-corrected chi connectivity index (χ4v) is 1.40. The van der Waals surface area contributed by atoms with Gasteiger partial charge in [-0.15, -0.1) is 0 Å². The molecular formula is C10H13F2N3O3. The van der Waals surface area contributed by atoms with Gasteiger partial charge in [-0.3, -0.25) is 0 Å². The van der Waals surface area contributed by atoms with Gasteiger partial charge in [0.1, 0.15) is 0 Å². The summed E-state index contributed by atoms with van der Waals surface area (Å²) in [6.07, 6.45) is -2.65. The number of carboxylic acid groups (broad SMARTS) is 1. The molecule has 0 aliphatic rings. The van der Waals surface area contributed by atoms with Gasteiger partial charge in [0.05, 0.1) is 18.8 Å².